The van der Waals surface area contributed by atoms with E-state index in [1.807, 2.05) is 30.3 Å². The van der Waals surface area contributed by atoms with Crippen molar-refractivity contribution in [1.29, 1.82) is 5.26 Å². The van der Waals surface area contributed by atoms with Gasteiger partial charge in [-0.05, 0) is 51.5 Å². The standard InChI is InChI=1S/C19H23N5O3S2/c1-5-24(6-2)16-9-7-14(8-10-16)11-15(12-20)17(25)21-18-22-19(23-28-18)29(26,27)13(3)4/h7-11,13H,5-6H2,1-4H3,(H,21,22,23,25)/b15-11-. The highest BCUT2D eigenvalue weighted by Crippen LogP contribution is 2.20. The predicted octanol–water partition coefficient (Wildman–Crippen LogP) is 3.11. The lowest BCUT2D eigenvalue weighted by molar-refractivity contribution is -0.112. The number of rotatable bonds is 8. The molecule has 29 heavy (non-hydrogen) atoms. The fraction of sp³-hybridized carbons (Fsp3) is 0.368. The van der Waals surface area contributed by atoms with Crippen molar-refractivity contribution >= 4 is 44.2 Å². The molecule has 0 fully saturated rings. The second-order valence-electron chi connectivity index (χ2n) is 6.36. The topological polar surface area (TPSA) is 116 Å². The minimum absolute atomic E-state index is 0.0206. The zero-order valence-electron chi connectivity index (χ0n) is 16.7. The van der Waals surface area contributed by atoms with Gasteiger partial charge in [-0.25, -0.2) is 8.42 Å². The normalized spacial score (nSPS) is 11.9. The number of carbonyl (C=O) groups excluding carboxylic acids is 1. The Kier molecular flexibility index (Phi) is 7.47. The van der Waals surface area contributed by atoms with Crippen molar-refractivity contribution in [3.63, 3.8) is 0 Å². The molecule has 0 saturated heterocycles. The lowest BCUT2D eigenvalue weighted by Crippen LogP contribution is -2.21. The minimum Gasteiger partial charge on any atom is -0.372 e. The molecule has 154 valence electrons. The van der Waals surface area contributed by atoms with Gasteiger partial charge in [0, 0.05) is 30.3 Å². The first-order valence-electron chi connectivity index (χ1n) is 9.08. The van der Waals surface area contributed by atoms with Crippen LogP contribution in [0.4, 0.5) is 10.8 Å². The van der Waals surface area contributed by atoms with Gasteiger partial charge in [0.1, 0.15) is 11.6 Å². The van der Waals surface area contributed by atoms with E-state index in [4.69, 9.17) is 0 Å². The van der Waals surface area contributed by atoms with Crippen LogP contribution in [0.15, 0.2) is 35.0 Å². The second kappa shape index (κ2) is 9.62. The third-order valence-corrected chi connectivity index (χ3v) is 6.88. The Bertz CT molecular complexity index is 1030. The molecule has 0 radical (unpaired) electrons. The van der Waals surface area contributed by atoms with Crippen LogP contribution in [0.25, 0.3) is 6.08 Å². The monoisotopic (exact) mass is 433 g/mol. The lowest BCUT2D eigenvalue weighted by Gasteiger charge is -2.20. The summed E-state index contributed by atoms with van der Waals surface area (Å²) >= 11 is 0.752. The number of sulfone groups is 1. The van der Waals surface area contributed by atoms with E-state index in [0.717, 1.165) is 30.3 Å². The highest BCUT2D eigenvalue weighted by Gasteiger charge is 2.25. The molecule has 2 aromatic rings. The Morgan fingerprint density at radius 2 is 1.90 bits per heavy atom. The van der Waals surface area contributed by atoms with Gasteiger partial charge >= 0.3 is 0 Å². The maximum absolute atomic E-state index is 12.4. The molecule has 0 spiro atoms. The third kappa shape index (κ3) is 5.40. The van der Waals surface area contributed by atoms with Crippen LogP contribution < -0.4 is 10.2 Å². The molecule has 1 amide bonds. The van der Waals surface area contributed by atoms with Crippen LogP contribution in [0.5, 0.6) is 0 Å². The van der Waals surface area contributed by atoms with Gasteiger partial charge in [0.25, 0.3) is 11.1 Å². The molecule has 1 aromatic carbocycles. The Morgan fingerprint density at radius 1 is 1.28 bits per heavy atom. The van der Waals surface area contributed by atoms with Crippen molar-refractivity contribution in [2.24, 2.45) is 0 Å². The van der Waals surface area contributed by atoms with Crippen molar-refractivity contribution in [2.75, 3.05) is 23.3 Å². The van der Waals surface area contributed by atoms with Crippen LogP contribution in [0.1, 0.15) is 33.3 Å². The summed E-state index contributed by atoms with van der Waals surface area (Å²) in [7, 11) is -3.63. The Morgan fingerprint density at radius 3 is 2.41 bits per heavy atom. The number of nitrogens with zero attached hydrogens (tertiary/aromatic N) is 4. The SMILES string of the molecule is CCN(CC)c1ccc(/C=C(/C#N)C(=O)Nc2nc(S(=O)(=O)C(C)C)ns2)cc1. The van der Waals surface area contributed by atoms with Crippen molar-refractivity contribution in [3.8, 4) is 6.07 Å². The van der Waals surface area contributed by atoms with E-state index in [2.05, 4.69) is 33.4 Å². The molecule has 0 aliphatic carbocycles. The molecule has 0 saturated carbocycles. The van der Waals surface area contributed by atoms with Crippen molar-refractivity contribution in [2.45, 2.75) is 38.1 Å². The maximum Gasteiger partial charge on any atom is 0.268 e. The Labute approximate surface area is 175 Å². The fourth-order valence-electron chi connectivity index (χ4n) is 2.44. The summed E-state index contributed by atoms with van der Waals surface area (Å²) in [5.74, 6) is -0.676. The average Bonchev–Trinajstić information content (AvgIpc) is 3.17. The highest BCUT2D eigenvalue weighted by molar-refractivity contribution is 7.91. The number of carbonyl (C=O) groups is 1. The van der Waals surface area contributed by atoms with Gasteiger partial charge in [-0.2, -0.15) is 14.6 Å². The van der Waals surface area contributed by atoms with Crippen molar-refractivity contribution in [1.82, 2.24) is 9.36 Å². The number of aromatic nitrogens is 2. The van der Waals surface area contributed by atoms with Crippen LogP contribution in [-0.2, 0) is 14.6 Å². The summed E-state index contributed by atoms with van der Waals surface area (Å²) in [6.45, 7) is 8.95. The molecule has 0 aliphatic rings. The number of hydrogen-bond donors (Lipinski definition) is 1. The molecule has 0 aliphatic heterocycles. The molecule has 0 bridgehead atoms. The van der Waals surface area contributed by atoms with Crippen LogP contribution in [0.2, 0.25) is 0 Å². The van der Waals surface area contributed by atoms with Crippen LogP contribution in [0.3, 0.4) is 0 Å². The molecule has 1 aromatic heterocycles. The Hall–Kier alpha value is -2.77. The molecule has 0 unspecified atom stereocenters. The number of benzene rings is 1. The number of anilines is 2. The molecule has 1 heterocycles. The van der Waals surface area contributed by atoms with Gasteiger partial charge < -0.3 is 4.90 Å². The van der Waals surface area contributed by atoms with E-state index in [-0.39, 0.29) is 15.9 Å². The van der Waals surface area contributed by atoms with Gasteiger partial charge in [-0.15, -0.1) is 0 Å². The first-order chi connectivity index (χ1) is 13.7. The third-order valence-electron chi connectivity index (χ3n) is 4.20. The quantitative estimate of drug-likeness (QED) is 0.502. The van der Waals surface area contributed by atoms with Crippen LogP contribution in [0, 0.1) is 11.3 Å². The number of hydrogen-bond acceptors (Lipinski definition) is 8. The van der Waals surface area contributed by atoms with Gasteiger partial charge in [0.15, 0.2) is 0 Å². The van der Waals surface area contributed by atoms with E-state index in [0.29, 0.717) is 5.56 Å². The van der Waals surface area contributed by atoms with Gasteiger partial charge in [0.2, 0.25) is 15.0 Å². The van der Waals surface area contributed by atoms with E-state index < -0.39 is 21.0 Å². The van der Waals surface area contributed by atoms with Gasteiger partial charge in [-0.1, -0.05) is 12.1 Å². The Balaban J connectivity index is 2.17. The average molecular weight is 434 g/mol. The molecule has 10 heteroatoms. The number of nitrogens with one attached hydrogen (secondary N) is 1. The summed E-state index contributed by atoms with van der Waals surface area (Å²) in [6, 6.07) is 9.38. The molecule has 0 atom stereocenters. The summed E-state index contributed by atoms with van der Waals surface area (Å²) in [6.07, 6.45) is 1.47. The van der Waals surface area contributed by atoms with E-state index in [9.17, 15) is 18.5 Å². The van der Waals surface area contributed by atoms with Crippen molar-refractivity contribution in [3.05, 3.63) is 35.4 Å². The molecular formula is C19H23N5O3S2. The summed E-state index contributed by atoms with van der Waals surface area (Å²) in [4.78, 5) is 18.4. The fourth-order valence-corrected chi connectivity index (χ4v) is 4.13. The zero-order valence-corrected chi connectivity index (χ0v) is 18.3. The van der Waals surface area contributed by atoms with E-state index in [1.165, 1.54) is 19.9 Å². The van der Waals surface area contributed by atoms with E-state index >= 15 is 0 Å². The van der Waals surface area contributed by atoms with Gasteiger partial charge in [0.05, 0.1) is 5.25 Å². The van der Waals surface area contributed by atoms with Crippen molar-refractivity contribution < 1.29 is 13.2 Å². The molecule has 2 rings (SSSR count). The minimum atomic E-state index is -3.63. The maximum atomic E-state index is 12.4. The smallest absolute Gasteiger partial charge is 0.268 e. The largest absolute Gasteiger partial charge is 0.372 e. The summed E-state index contributed by atoms with van der Waals surface area (Å²) < 4.78 is 28.0. The molecule has 1 N–H and O–H groups in total. The highest BCUT2D eigenvalue weighted by atomic mass is 32.2. The lowest BCUT2D eigenvalue weighted by atomic mass is 10.1. The number of nitriles is 1. The molecule has 8 nitrogen and oxygen atoms in total. The first-order valence-corrected chi connectivity index (χ1v) is 11.4. The summed E-state index contributed by atoms with van der Waals surface area (Å²) in [5, 5.41) is 10.8. The summed E-state index contributed by atoms with van der Waals surface area (Å²) in [5.41, 5.74) is 1.64. The zero-order chi connectivity index (χ0) is 21.6. The second-order valence-corrected chi connectivity index (χ2v) is 9.51. The van der Waals surface area contributed by atoms with Gasteiger partial charge in [-0.3, -0.25) is 10.1 Å². The van der Waals surface area contributed by atoms with Crippen LogP contribution in [-0.4, -0.2) is 42.0 Å². The number of amides is 1. The first kappa shape index (κ1) is 22.5. The van der Waals surface area contributed by atoms with E-state index in [1.54, 1.807) is 0 Å². The molecular weight excluding hydrogens is 410 g/mol. The predicted molar refractivity (Wildman–Crippen MR) is 114 cm³/mol. The van der Waals surface area contributed by atoms with Crippen LogP contribution >= 0.6 is 11.5 Å².